The lowest BCUT2D eigenvalue weighted by molar-refractivity contribution is -0.0498. The van der Waals surface area contributed by atoms with Crippen LogP contribution in [0.15, 0.2) is 34.8 Å². The molecule has 0 aliphatic rings. The van der Waals surface area contributed by atoms with Gasteiger partial charge in [-0.15, -0.1) is 21.5 Å². The molecule has 0 bridgehead atoms. The first-order valence-corrected chi connectivity index (χ1v) is 9.75. The van der Waals surface area contributed by atoms with E-state index in [4.69, 9.17) is 5.84 Å². The predicted octanol–water partition coefficient (Wildman–Crippen LogP) is 3.96. The summed E-state index contributed by atoms with van der Waals surface area (Å²) in [5, 5.41) is 11.9. The first kappa shape index (κ1) is 18.6. The Morgan fingerprint density at radius 3 is 2.73 bits per heavy atom. The third-order valence-corrected chi connectivity index (χ3v) is 5.35. The molecule has 26 heavy (non-hydrogen) atoms. The van der Waals surface area contributed by atoms with Gasteiger partial charge in [0.2, 0.25) is 5.16 Å². The van der Waals surface area contributed by atoms with Gasteiger partial charge in [0.1, 0.15) is 5.75 Å². The van der Waals surface area contributed by atoms with E-state index < -0.39 is 6.61 Å². The number of hydrogen-bond donors (Lipinski definition) is 1. The number of ether oxygens (including phenoxy) is 1. The fourth-order valence-corrected chi connectivity index (χ4v) is 3.99. The van der Waals surface area contributed by atoms with Crippen LogP contribution in [0.4, 0.5) is 8.78 Å². The molecule has 0 radical (unpaired) electrons. The molecule has 0 amide bonds. The zero-order valence-electron chi connectivity index (χ0n) is 13.9. The maximum absolute atomic E-state index is 12.2. The zero-order valence-corrected chi connectivity index (χ0v) is 15.6. The largest absolute Gasteiger partial charge is 0.435 e. The predicted molar refractivity (Wildman–Crippen MR) is 97.9 cm³/mol. The fourth-order valence-electron chi connectivity index (χ4n) is 2.24. The van der Waals surface area contributed by atoms with Gasteiger partial charge in [0.15, 0.2) is 5.82 Å². The van der Waals surface area contributed by atoms with E-state index in [2.05, 4.69) is 26.8 Å². The molecule has 2 N–H and O–H groups in total. The van der Waals surface area contributed by atoms with E-state index in [1.807, 2.05) is 5.38 Å². The molecule has 10 heteroatoms. The lowest BCUT2D eigenvalue weighted by Crippen LogP contribution is -2.11. The Hall–Kier alpha value is -2.20. The Balaban J connectivity index is 1.67. The molecule has 2 heterocycles. The van der Waals surface area contributed by atoms with Crippen LogP contribution in [0.5, 0.6) is 5.75 Å². The Kier molecular flexibility index (Phi) is 6.04. The van der Waals surface area contributed by atoms with Gasteiger partial charge in [-0.1, -0.05) is 18.7 Å². The topological polar surface area (TPSA) is 78.9 Å². The number of nitrogens with zero attached hydrogens (tertiary/aromatic N) is 4. The van der Waals surface area contributed by atoms with Crippen molar-refractivity contribution in [3.05, 3.63) is 40.3 Å². The first-order chi connectivity index (χ1) is 12.6. The summed E-state index contributed by atoms with van der Waals surface area (Å²) in [5.74, 6) is 7.24. The molecular formula is C16H17F2N5OS2. The number of benzene rings is 1. The second kappa shape index (κ2) is 8.45. The van der Waals surface area contributed by atoms with Crippen LogP contribution >= 0.6 is 23.1 Å². The molecule has 0 fully saturated rings. The number of nitrogen functional groups attached to an aromatic ring is 1. The van der Waals surface area contributed by atoms with E-state index >= 15 is 0 Å². The average Bonchev–Trinajstić information content (AvgIpc) is 3.20. The molecule has 3 aromatic rings. The highest BCUT2D eigenvalue weighted by Crippen LogP contribution is 2.26. The number of thiazole rings is 1. The Labute approximate surface area is 157 Å². The molecule has 2 aromatic heterocycles. The van der Waals surface area contributed by atoms with Crippen LogP contribution in [0, 0.1) is 0 Å². The van der Waals surface area contributed by atoms with Crippen LogP contribution < -0.4 is 10.6 Å². The van der Waals surface area contributed by atoms with Crippen LogP contribution in [-0.2, 0) is 12.2 Å². The van der Waals surface area contributed by atoms with Crippen molar-refractivity contribution in [1.82, 2.24) is 19.9 Å². The van der Waals surface area contributed by atoms with Gasteiger partial charge in [-0.2, -0.15) is 8.78 Å². The lowest BCUT2D eigenvalue weighted by atomic mass is 10.2. The Morgan fingerprint density at radius 1 is 1.27 bits per heavy atom. The second-order valence-electron chi connectivity index (χ2n) is 5.35. The van der Waals surface area contributed by atoms with Crippen LogP contribution in [0.3, 0.4) is 0 Å². The molecule has 138 valence electrons. The van der Waals surface area contributed by atoms with Crippen LogP contribution in [0.1, 0.15) is 24.0 Å². The van der Waals surface area contributed by atoms with Crippen LogP contribution in [0.25, 0.3) is 11.4 Å². The molecule has 0 atom stereocenters. The van der Waals surface area contributed by atoms with E-state index in [1.165, 1.54) is 28.6 Å². The number of rotatable bonds is 8. The smallest absolute Gasteiger partial charge is 0.387 e. The summed E-state index contributed by atoms with van der Waals surface area (Å²) in [6, 6.07) is 6.09. The van der Waals surface area contributed by atoms with Crippen molar-refractivity contribution in [1.29, 1.82) is 0 Å². The first-order valence-electron chi connectivity index (χ1n) is 7.88. The van der Waals surface area contributed by atoms with E-state index in [0.29, 0.717) is 22.3 Å². The Bertz CT molecular complexity index is 851. The molecule has 0 unspecified atom stereocenters. The maximum atomic E-state index is 12.2. The number of nitrogens with two attached hydrogens (primary N) is 1. The van der Waals surface area contributed by atoms with Crippen molar-refractivity contribution < 1.29 is 13.5 Å². The minimum Gasteiger partial charge on any atom is -0.435 e. The molecule has 6 nitrogen and oxygen atoms in total. The summed E-state index contributed by atoms with van der Waals surface area (Å²) in [5.41, 5.74) is 1.65. The van der Waals surface area contributed by atoms with Gasteiger partial charge in [0.05, 0.1) is 10.7 Å². The minimum absolute atomic E-state index is 0.0767. The van der Waals surface area contributed by atoms with Gasteiger partial charge in [0, 0.05) is 16.7 Å². The molecular weight excluding hydrogens is 380 g/mol. The standard InChI is InChI=1S/C16H17F2N5OS2/c1-2-3-13-20-11(8-25-13)9-26-16-22-21-14(23(16)19)10-4-6-12(7-5-10)24-15(17)18/h4-8,15H,2-3,9,19H2,1H3. The third-order valence-electron chi connectivity index (χ3n) is 3.41. The minimum atomic E-state index is -2.86. The molecule has 0 aliphatic heterocycles. The van der Waals surface area contributed by atoms with Gasteiger partial charge in [0.25, 0.3) is 0 Å². The number of hydrogen-bond acceptors (Lipinski definition) is 7. The summed E-state index contributed by atoms with van der Waals surface area (Å²) in [6.45, 7) is -0.731. The molecule has 1 aromatic carbocycles. The number of halogens is 2. The van der Waals surface area contributed by atoms with Gasteiger partial charge >= 0.3 is 6.61 Å². The number of aromatic nitrogens is 4. The van der Waals surface area contributed by atoms with Crippen molar-refractivity contribution in [2.75, 3.05) is 5.84 Å². The van der Waals surface area contributed by atoms with Crippen molar-refractivity contribution in [2.24, 2.45) is 0 Å². The summed E-state index contributed by atoms with van der Waals surface area (Å²) >= 11 is 3.10. The van der Waals surface area contributed by atoms with Crippen molar-refractivity contribution >= 4 is 23.1 Å². The highest BCUT2D eigenvalue weighted by atomic mass is 32.2. The van der Waals surface area contributed by atoms with Gasteiger partial charge in [-0.25, -0.2) is 9.66 Å². The zero-order chi connectivity index (χ0) is 18.5. The lowest BCUT2D eigenvalue weighted by Gasteiger charge is -2.06. The highest BCUT2D eigenvalue weighted by molar-refractivity contribution is 7.98. The van der Waals surface area contributed by atoms with Gasteiger partial charge in [-0.3, -0.25) is 0 Å². The number of aryl methyl sites for hydroxylation is 1. The maximum Gasteiger partial charge on any atom is 0.387 e. The van der Waals surface area contributed by atoms with Crippen molar-refractivity contribution in [3.63, 3.8) is 0 Å². The van der Waals surface area contributed by atoms with Crippen LogP contribution in [0.2, 0.25) is 0 Å². The van der Waals surface area contributed by atoms with E-state index in [0.717, 1.165) is 23.5 Å². The van der Waals surface area contributed by atoms with E-state index in [9.17, 15) is 8.78 Å². The van der Waals surface area contributed by atoms with Gasteiger partial charge < -0.3 is 10.6 Å². The van der Waals surface area contributed by atoms with E-state index in [1.54, 1.807) is 23.5 Å². The number of thioether (sulfide) groups is 1. The molecule has 0 spiro atoms. The fraction of sp³-hybridized carbons (Fsp3) is 0.312. The van der Waals surface area contributed by atoms with Crippen LogP contribution in [-0.4, -0.2) is 26.5 Å². The monoisotopic (exact) mass is 397 g/mol. The summed E-state index contributed by atoms with van der Waals surface area (Å²) in [7, 11) is 0. The van der Waals surface area contributed by atoms with Crippen molar-refractivity contribution in [2.45, 2.75) is 37.3 Å². The third kappa shape index (κ3) is 4.50. The Morgan fingerprint density at radius 2 is 2.04 bits per heavy atom. The number of alkyl halides is 2. The molecule has 0 aliphatic carbocycles. The average molecular weight is 397 g/mol. The molecule has 0 saturated carbocycles. The SMILES string of the molecule is CCCc1nc(CSc2nnc(-c3ccc(OC(F)F)cc3)n2N)cs1. The van der Waals surface area contributed by atoms with E-state index in [-0.39, 0.29) is 5.75 Å². The summed E-state index contributed by atoms with van der Waals surface area (Å²) in [4.78, 5) is 4.57. The summed E-state index contributed by atoms with van der Waals surface area (Å²) in [6.07, 6.45) is 2.06. The quantitative estimate of drug-likeness (QED) is 0.458. The highest BCUT2D eigenvalue weighted by Gasteiger charge is 2.14. The molecule has 0 saturated heterocycles. The molecule has 3 rings (SSSR count). The van der Waals surface area contributed by atoms with Gasteiger partial charge in [-0.05, 0) is 37.1 Å². The normalized spacial score (nSPS) is 11.2. The summed E-state index contributed by atoms with van der Waals surface area (Å²) < 4.78 is 30.1. The second-order valence-corrected chi connectivity index (χ2v) is 7.24. The van der Waals surface area contributed by atoms with Crippen molar-refractivity contribution in [3.8, 4) is 17.1 Å².